The summed E-state index contributed by atoms with van der Waals surface area (Å²) in [5.74, 6) is -0.00627. The van der Waals surface area contributed by atoms with E-state index in [0.717, 1.165) is 19.0 Å². The van der Waals surface area contributed by atoms with E-state index in [1.165, 1.54) is 49.2 Å². The quantitative estimate of drug-likeness (QED) is 0.823. The SMILES string of the molecule is O=C(O)c1ccc(O)c(SCN2CCCCC2)c1.[HH]. The number of rotatable bonds is 4. The molecular weight excluding hydrogens is 250 g/mol. The third kappa shape index (κ3) is 3.40. The average molecular weight is 269 g/mol. The minimum absolute atomic E-state index is 0. The van der Waals surface area contributed by atoms with Crippen molar-refractivity contribution in [2.24, 2.45) is 0 Å². The maximum absolute atomic E-state index is 10.9. The van der Waals surface area contributed by atoms with Gasteiger partial charge in [0.15, 0.2) is 0 Å². The van der Waals surface area contributed by atoms with Crippen LogP contribution in [0.15, 0.2) is 23.1 Å². The predicted molar refractivity (Wildman–Crippen MR) is 73.3 cm³/mol. The van der Waals surface area contributed by atoms with Crippen molar-refractivity contribution in [2.75, 3.05) is 19.0 Å². The summed E-state index contributed by atoms with van der Waals surface area (Å²) in [5, 5.41) is 18.6. The Kier molecular flexibility index (Phi) is 4.49. The molecule has 100 valence electrons. The van der Waals surface area contributed by atoms with E-state index in [0.29, 0.717) is 4.90 Å². The molecule has 5 heteroatoms. The van der Waals surface area contributed by atoms with E-state index in [4.69, 9.17) is 5.11 Å². The van der Waals surface area contributed by atoms with Crippen LogP contribution in [0.5, 0.6) is 5.75 Å². The van der Waals surface area contributed by atoms with Gasteiger partial charge in [-0.05, 0) is 44.1 Å². The number of thioether (sulfide) groups is 1. The van der Waals surface area contributed by atoms with Crippen molar-refractivity contribution in [1.29, 1.82) is 0 Å². The first-order chi connectivity index (χ1) is 8.66. The molecule has 1 saturated heterocycles. The molecule has 18 heavy (non-hydrogen) atoms. The number of nitrogens with zero attached hydrogens (tertiary/aromatic N) is 1. The Bertz CT molecular complexity index is 436. The molecule has 2 N–H and O–H groups in total. The second-order valence-electron chi connectivity index (χ2n) is 4.44. The number of aromatic hydroxyl groups is 1. The van der Waals surface area contributed by atoms with Crippen molar-refractivity contribution in [1.82, 2.24) is 4.90 Å². The highest BCUT2D eigenvalue weighted by Gasteiger charge is 2.12. The Balaban J connectivity index is 0.00000180. The van der Waals surface area contributed by atoms with Crippen LogP contribution in [0.25, 0.3) is 0 Å². The van der Waals surface area contributed by atoms with Crippen molar-refractivity contribution < 1.29 is 16.4 Å². The zero-order valence-corrected chi connectivity index (χ0v) is 10.9. The van der Waals surface area contributed by atoms with Crippen LogP contribution in [0.2, 0.25) is 0 Å². The third-order valence-corrected chi connectivity index (χ3v) is 4.19. The Hall–Kier alpha value is -1.20. The number of likely N-dealkylation sites (tertiary alicyclic amines) is 1. The van der Waals surface area contributed by atoms with Crippen molar-refractivity contribution in [2.45, 2.75) is 24.2 Å². The fraction of sp³-hybridized carbons (Fsp3) is 0.462. The number of phenolic OH excluding ortho intramolecular Hbond substituents is 1. The van der Waals surface area contributed by atoms with Gasteiger partial charge in [0, 0.05) is 7.30 Å². The maximum atomic E-state index is 10.9. The molecule has 0 radical (unpaired) electrons. The van der Waals surface area contributed by atoms with E-state index < -0.39 is 5.97 Å². The molecule has 0 aromatic heterocycles. The van der Waals surface area contributed by atoms with E-state index in [1.807, 2.05) is 0 Å². The van der Waals surface area contributed by atoms with E-state index in [9.17, 15) is 9.90 Å². The lowest BCUT2D eigenvalue weighted by molar-refractivity contribution is 0.0696. The first-order valence-corrected chi connectivity index (χ1v) is 7.07. The standard InChI is InChI=1S/C13H17NO3S.H2/c15-11-5-4-10(13(16)17)8-12(11)18-9-14-6-2-1-3-7-14;/h4-5,8,15H,1-3,6-7,9H2,(H,16,17);1H. The lowest BCUT2D eigenvalue weighted by Crippen LogP contribution is -2.29. The van der Waals surface area contributed by atoms with Gasteiger partial charge in [-0.25, -0.2) is 4.79 Å². The van der Waals surface area contributed by atoms with E-state index in [-0.39, 0.29) is 12.7 Å². The highest BCUT2D eigenvalue weighted by atomic mass is 32.2. The van der Waals surface area contributed by atoms with Crippen LogP contribution in [-0.4, -0.2) is 40.0 Å². The summed E-state index contributed by atoms with van der Waals surface area (Å²) >= 11 is 1.50. The summed E-state index contributed by atoms with van der Waals surface area (Å²) in [6.45, 7) is 2.18. The van der Waals surface area contributed by atoms with Crippen molar-refractivity contribution in [3.05, 3.63) is 23.8 Å². The maximum Gasteiger partial charge on any atom is 0.335 e. The van der Waals surface area contributed by atoms with Crippen LogP contribution in [0, 0.1) is 0 Å². The Morgan fingerprint density at radius 1 is 1.33 bits per heavy atom. The van der Waals surface area contributed by atoms with Crippen molar-refractivity contribution in [3.8, 4) is 5.75 Å². The van der Waals surface area contributed by atoms with Crippen LogP contribution in [0.4, 0.5) is 0 Å². The summed E-state index contributed by atoms with van der Waals surface area (Å²) in [5.41, 5.74) is 0.217. The number of benzene rings is 1. The monoisotopic (exact) mass is 269 g/mol. The molecule has 0 unspecified atom stereocenters. The highest BCUT2D eigenvalue weighted by molar-refractivity contribution is 7.99. The Labute approximate surface area is 112 Å². The third-order valence-electron chi connectivity index (χ3n) is 3.06. The molecule has 0 atom stereocenters. The molecule has 0 bridgehead atoms. The summed E-state index contributed by atoms with van der Waals surface area (Å²) in [7, 11) is 0. The van der Waals surface area contributed by atoms with Gasteiger partial charge in [-0.3, -0.25) is 4.90 Å². The minimum Gasteiger partial charge on any atom is -0.507 e. The summed E-state index contributed by atoms with van der Waals surface area (Å²) in [6, 6.07) is 4.40. The molecule has 1 aliphatic heterocycles. The Morgan fingerprint density at radius 3 is 2.72 bits per heavy atom. The molecule has 0 spiro atoms. The molecule has 4 nitrogen and oxygen atoms in total. The number of hydrogen-bond acceptors (Lipinski definition) is 4. The lowest BCUT2D eigenvalue weighted by atomic mass is 10.1. The topological polar surface area (TPSA) is 60.8 Å². The molecule has 0 aliphatic carbocycles. The molecule has 1 heterocycles. The molecule has 2 rings (SSSR count). The first-order valence-electron chi connectivity index (χ1n) is 6.08. The van der Waals surface area contributed by atoms with Gasteiger partial charge in [0.05, 0.1) is 10.5 Å². The molecule has 1 aliphatic rings. The van der Waals surface area contributed by atoms with Gasteiger partial charge in [-0.15, -0.1) is 11.8 Å². The van der Waals surface area contributed by atoms with Gasteiger partial charge >= 0.3 is 5.97 Å². The van der Waals surface area contributed by atoms with E-state index in [2.05, 4.69) is 4.90 Å². The van der Waals surface area contributed by atoms with Gasteiger partial charge in [-0.2, -0.15) is 0 Å². The molecule has 0 amide bonds. The van der Waals surface area contributed by atoms with Crippen molar-refractivity contribution >= 4 is 17.7 Å². The van der Waals surface area contributed by atoms with Crippen LogP contribution >= 0.6 is 11.8 Å². The van der Waals surface area contributed by atoms with Gasteiger partial charge in [0.2, 0.25) is 0 Å². The fourth-order valence-electron chi connectivity index (χ4n) is 2.01. The van der Waals surface area contributed by atoms with E-state index in [1.54, 1.807) is 0 Å². The summed E-state index contributed by atoms with van der Waals surface area (Å²) in [4.78, 5) is 13.8. The summed E-state index contributed by atoms with van der Waals surface area (Å²) < 4.78 is 0. The zero-order chi connectivity index (χ0) is 13.0. The van der Waals surface area contributed by atoms with Gasteiger partial charge in [0.1, 0.15) is 5.75 Å². The van der Waals surface area contributed by atoms with E-state index >= 15 is 0 Å². The number of phenols is 1. The fourth-order valence-corrected chi connectivity index (χ4v) is 3.02. The predicted octanol–water partition coefficient (Wildman–Crippen LogP) is 2.87. The molecule has 1 fully saturated rings. The molecule has 0 saturated carbocycles. The highest BCUT2D eigenvalue weighted by Crippen LogP contribution is 2.30. The minimum atomic E-state index is -0.963. The van der Waals surface area contributed by atoms with Crippen LogP contribution in [0.1, 0.15) is 31.0 Å². The molecule has 1 aromatic carbocycles. The largest absolute Gasteiger partial charge is 0.507 e. The van der Waals surface area contributed by atoms with Crippen molar-refractivity contribution in [3.63, 3.8) is 0 Å². The average Bonchev–Trinajstić information content (AvgIpc) is 2.38. The zero-order valence-electron chi connectivity index (χ0n) is 10.1. The van der Waals surface area contributed by atoms with Crippen LogP contribution in [0.3, 0.4) is 0 Å². The second-order valence-corrected chi connectivity index (χ2v) is 5.43. The second kappa shape index (κ2) is 6.11. The molecule has 1 aromatic rings. The molecular formula is C13H19NO3S. The number of carboxylic acid groups (broad SMARTS) is 1. The van der Waals surface area contributed by atoms with Gasteiger partial charge in [0.25, 0.3) is 0 Å². The normalized spacial score (nSPS) is 16.7. The number of carbonyl (C=O) groups is 1. The van der Waals surface area contributed by atoms with Gasteiger partial charge in [-0.1, -0.05) is 6.42 Å². The Morgan fingerprint density at radius 2 is 2.06 bits per heavy atom. The summed E-state index contributed by atoms with van der Waals surface area (Å²) in [6.07, 6.45) is 3.74. The number of carboxylic acids is 1. The van der Waals surface area contributed by atoms with Crippen LogP contribution < -0.4 is 0 Å². The number of hydrogen-bond donors (Lipinski definition) is 2. The van der Waals surface area contributed by atoms with Crippen LogP contribution in [-0.2, 0) is 0 Å². The first kappa shape index (κ1) is 13.2. The number of piperidine rings is 1. The lowest BCUT2D eigenvalue weighted by Gasteiger charge is -2.25. The smallest absolute Gasteiger partial charge is 0.335 e. The van der Waals surface area contributed by atoms with Gasteiger partial charge < -0.3 is 10.2 Å². The number of aromatic carboxylic acids is 1.